The normalized spacial score (nSPS) is 14.8. The molecule has 1 aliphatic rings. The summed E-state index contributed by atoms with van der Waals surface area (Å²) in [5, 5.41) is 16.6. The molecule has 1 amide bonds. The number of aromatic nitrogens is 3. The zero-order valence-electron chi connectivity index (χ0n) is 18.4. The van der Waals surface area contributed by atoms with Gasteiger partial charge in [0, 0.05) is 18.9 Å². The number of carbonyl (C=O) groups is 1. The zero-order chi connectivity index (χ0) is 22.8. The standard InChI is InChI=1S/C24H25FN6O.CH4/c1-4-21-24(32)29-23-15(2)28-20(10-22(23)30(21)3)8-5-16-12-27-31(13-16)14-17-6-7-19(25)9-18(17)11-26;/h6-7,9-10,12-13,21H,4-5,8,14H2,1-3H3,(H,29,32);1H4/t21-;/m0./s1. The second kappa shape index (κ2) is 9.82. The van der Waals surface area contributed by atoms with Crippen LogP contribution in [-0.2, 0) is 24.2 Å². The first kappa shape index (κ1) is 23.9. The molecular weight excluding hydrogens is 419 g/mol. The Hall–Kier alpha value is -3.73. The van der Waals surface area contributed by atoms with Crippen molar-refractivity contribution in [3.05, 3.63) is 70.6 Å². The van der Waals surface area contributed by atoms with E-state index in [0.717, 1.165) is 53.2 Å². The Morgan fingerprint density at radius 1 is 1.27 bits per heavy atom. The van der Waals surface area contributed by atoms with Crippen molar-refractivity contribution in [1.82, 2.24) is 14.8 Å². The van der Waals surface area contributed by atoms with Gasteiger partial charge in [-0.2, -0.15) is 10.4 Å². The second-order valence-corrected chi connectivity index (χ2v) is 8.08. The molecule has 172 valence electrons. The molecule has 0 radical (unpaired) electrons. The van der Waals surface area contributed by atoms with Gasteiger partial charge in [-0.1, -0.05) is 20.4 Å². The van der Waals surface area contributed by atoms with E-state index < -0.39 is 5.82 Å². The summed E-state index contributed by atoms with van der Waals surface area (Å²) in [5.74, 6) is -0.414. The number of likely N-dealkylation sites (N-methyl/N-ethyl adjacent to an activating group) is 1. The number of rotatable bonds is 6. The summed E-state index contributed by atoms with van der Waals surface area (Å²) in [7, 11) is 1.95. The van der Waals surface area contributed by atoms with Crippen LogP contribution in [0.4, 0.5) is 15.8 Å². The van der Waals surface area contributed by atoms with E-state index in [1.165, 1.54) is 12.1 Å². The number of pyridine rings is 1. The molecule has 33 heavy (non-hydrogen) atoms. The molecule has 4 rings (SSSR count). The lowest BCUT2D eigenvalue weighted by Crippen LogP contribution is -2.46. The third-order valence-electron chi connectivity index (χ3n) is 5.90. The molecular formula is C25H29FN6O. The van der Waals surface area contributed by atoms with E-state index in [1.54, 1.807) is 16.9 Å². The highest BCUT2D eigenvalue weighted by atomic mass is 19.1. The predicted molar refractivity (Wildman–Crippen MR) is 127 cm³/mol. The lowest BCUT2D eigenvalue weighted by molar-refractivity contribution is -0.117. The van der Waals surface area contributed by atoms with Gasteiger partial charge >= 0.3 is 0 Å². The summed E-state index contributed by atoms with van der Waals surface area (Å²) in [6, 6.07) is 8.12. The molecule has 1 atom stereocenters. The monoisotopic (exact) mass is 448 g/mol. The topological polar surface area (TPSA) is 86.8 Å². The quantitative estimate of drug-likeness (QED) is 0.610. The maximum absolute atomic E-state index is 13.4. The summed E-state index contributed by atoms with van der Waals surface area (Å²) >= 11 is 0. The first-order valence-corrected chi connectivity index (χ1v) is 10.6. The molecule has 0 saturated carbocycles. The number of nitrogens with zero attached hydrogens (tertiary/aromatic N) is 5. The molecule has 0 fully saturated rings. The van der Waals surface area contributed by atoms with Crippen LogP contribution in [0.25, 0.3) is 0 Å². The van der Waals surface area contributed by atoms with Crippen molar-refractivity contribution in [1.29, 1.82) is 5.26 Å². The number of carbonyl (C=O) groups excluding carboxylic acids is 1. The van der Waals surface area contributed by atoms with Gasteiger partial charge in [0.25, 0.3) is 0 Å². The third kappa shape index (κ3) is 4.87. The van der Waals surface area contributed by atoms with Crippen molar-refractivity contribution in [3.8, 4) is 6.07 Å². The Morgan fingerprint density at radius 3 is 2.79 bits per heavy atom. The minimum Gasteiger partial charge on any atom is -0.361 e. The van der Waals surface area contributed by atoms with Crippen LogP contribution < -0.4 is 10.2 Å². The molecule has 0 aliphatic carbocycles. The van der Waals surface area contributed by atoms with Crippen LogP contribution in [-0.4, -0.2) is 33.8 Å². The van der Waals surface area contributed by atoms with Crippen LogP contribution in [0.2, 0.25) is 0 Å². The van der Waals surface area contributed by atoms with Gasteiger partial charge in [0.05, 0.1) is 41.4 Å². The Bertz CT molecular complexity index is 1210. The molecule has 2 aromatic heterocycles. The summed E-state index contributed by atoms with van der Waals surface area (Å²) in [6.45, 7) is 4.32. The van der Waals surface area contributed by atoms with E-state index in [4.69, 9.17) is 0 Å². The van der Waals surface area contributed by atoms with E-state index in [2.05, 4.69) is 15.4 Å². The smallest absolute Gasteiger partial charge is 0.247 e. The number of fused-ring (bicyclic) bond motifs is 1. The predicted octanol–water partition coefficient (Wildman–Crippen LogP) is 4.23. The summed E-state index contributed by atoms with van der Waals surface area (Å²) in [6.07, 6.45) is 5.97. The van der Waals surface area contributed by atoms with Gasteiger partial charge < -0.3 is 10.2 Å². The zero-order valence-corrected chi connectivity index (χ0v) is 18.4. The SMILES string of the molecule is C.CC[C@H]1C(=O)Nc2c(cc(CCc3cnn(Cc4ccc(F)cc4C#N)c3)nc2C)N1C. The molecule has 8 heteroatoms. The lowest BCUT2D eigenvalue weighted by atomic mass is 10.0. The van der Waals surface area contributed by atoms with E-state index in [9.17, 15) is 14.4 Å². The Labute approximate surface area is 193 Å². The van der Waals surface area contributed by atoms with Crippen molar-refractivity contribution < 1.29 is 9.18 Å². The Kier molecular flexibility index (Phi) is 7.12. The van der Waals surface area contributed by atoms with Crippen molar-refractivity contribution in [2.24, 2.45) is 0 Å². The third-order valence-corrected chi connectivity index (χ3v) is 5.90. The molecule has 1 N–H and O–H groups in total. The molecule has 0 spiro atoms. The van der Waals surface area contributed by atoms with Crippen molar-refractivity contribution >= 4 is 17.3 Å². The van der Waals surface area contributed by atoms with Gasteiger partial charge in [0.15, 0.2) is 0 Å². The Balaban J connectivity index is 0.00000306. The van der Waals surface area contributed by atoms with Gasteiger partial charge in [0.1, 0.15) is 11.9 Å². The summed E-state index contributed by atoms with van der Waals surface area (Å²) in [4.78, 5) is 19.0. The highest BCUT2D eigenvalue weighted by Crippen LogP contribution is 2.34. The first-order valence-electron chi connectivity index (χ1n) is 10.6. The highest BCUT2D eigenvalue weighted by Gasteiger charge is 2.30. The van der Waals surface area contributed by atoms with Crippen molar-refractivity contribution in [2.45, 2.75) is 53.1 Å². The number of benzene rings is 1. The van der Waals surface area contributed by atoms with Crippen LogP contribution in [0.5, 0.6) is 0 Å². The van der Waals surface area contributed by atoms with Crippen LogP contribution in [0.1, 0.15) is 48.8 Å². The number of aryl methyl sites for hydroxylation is 3. The highest BCUT2D eigenvalue weighted by molar-refractivity contribution is 6.04. The fraction of sp³-hybridized carbons (Fsp3) is 0.360. The Morgan fingerprint density at radius 2 is 2.06 bits per heavy atom. The van der Waals surface area contributed by atoms with E-state index in [1.807, 2.05) is 44.1 Å². The van der Waals surface area contributed by atoms with Crippen molar-refractivity contribution in [3.63, 3.8) is 0 Å². The fourth-order valence-corrected chi connectivity index (χ4v) is 4.15. The number of hydrogen-bond donors (Lipinski definition) is 1. The number of nitrogens with one attached hydrogen (secondary N) is 1. The summed E-state index contributed by atoms with van der Waals surface area (Å²) in [5.41, 5.74) is 5.64. The molecule has 1 aromatic carbocycles. The van der Waals surface area contributed by atoms with Gasteiger partial charge in [-0.3, -0.25) is 14.5 Å². The number of amides is 1. The summed E-state index contributed by atoms with van der Waals surface area (Å²) < 4.78 is 15.1. The molecule has 0 unspecified atom stereocenters. The maximum Gasteiger partial charge on any atom is 0.247 e. The lowest BCUT2D eigenvalue weighted by Gasteiger charge is -2.35. The van der Waals surface area contributed by atoms with E-state index in [-0.39, 0.29) is 19.4 Å². The molecule has 1 aliphatic heterocycles. The van der Waals surface area contributed by atoms with Crippen molar-refractivity contribution in [2.75, 3.05) is 17.3 Å². The minimum atomic E-state index is -0.422. The van der Waals surface area contributed by atoms with E-state index >= 15 is 0 Å². The molecule has 3 aromatic rings. The largest absolute Gasteiger partial charge is 0.361 e. The number of anilines is 2. The molecule has 3 heterocycles. The maximum atomic E-state index is 13.4. The molecule has 0 saturated heterocycles. The average Bonchev–Trinajstić information content (AvgIpc) is 3.22. The average molecular weight is 449 g/mol. The second-order valence-electron chi connectivity index (χ2n) is 8.08. The molecule has 0 bridgehead atoms. The fourth-order valence-electron chi connectivity index (χ4n) is 4.15. The van der Waals surface area contributed by atoms with Gasteiger partial charge in [0.2, 0.25) is 5.91 Å². The van der Waals surface area contributed by atoms with E-state index in [0.29, 0.717) is 12.1 Å². The van der Waals surface area contributed by atoms with Crippen LogP contribution in [0.3, 0.4) is 0 Å². The van der Waals surface area contributed by atoms with Gasteiger partial charge in [-0.05, 0) is 55.5 Å². The van der Waals surface area contributed by atoms with Crippen LogP contribution in [0.15, 0.2) is 36.7 Å². The van der Waals surface area contributed by atoms with Gasteiger partial charge in [-0.15, -0.1) is 0 Å². The van der Waals surface area contributed by atoms with Crippen LogP contribution in [0, 0.1) is 24.1 Å². The number of hydrogen-bond acceptors (Lipinski definition) is 5. The number of nitriles is 1. The minimum absolute atomic E-state index is 0. The van der Waals surface area contributed by atoms with Gasteiger partial charge in [-0.25, -0.2) is 4.39 Å². The first-order chi connectivity index (χ1) is 15.4. The molecule has 7 nitrogen and oxygen atoms in total. The van der Waals surface area contributed by atoms with Crippen LogP contribution >= 0.6 is 0 Å². The number of halogens is 1.